The van der Waals surface area contributed by atoms with Gasteiger partial charge < -0.3 is 9.47 Å². The molecule has 92 valence electrons. The van der Waals surface area contributed by atoms with Crippen LogP contribution in [0.15, 0.2) is 48.5 Å². The molecular formula is C14H11ClO3. The summed E-state index contributed by atoms with van der Waals surface area (Å²) >= 11 is 6.05. The fourth-order valence-electron chi connectivity index (χ4n) is 1.44. The Morgan fingerprint density at radius 3 is 2.44 bits per heavy atom. The summed E-state index contributed by atoms with van der Waals surface area (Å²) in [7, 11) is 1.32. The van der Waals surface area contributed by atoms with Crippen LogP contribution in [0.1, 0.15) is 10.4 Å². The van der Waals surface area contributed by atoms with Gasteiger partial charge in [-0.1, -0.05) is 29.8 Å². The standard InChI is InChI=1S/C14H11ClO3/c1-17-14(16)10-7-8-13(12(15)9-10)18-11-5-3-2-4-6-11/h2-9H,1H3. The SMILES string of the molecule is COC(=O)c1ccc(Oc2ccccc2)c(Cl)c1. The van der Waals surface area contributed by atoms with E-state index in [9.17, 15) is 4.79 Å². The molecule has 4 heteroatoms. The van der Waals surface area contributed by atoms with Crippen LogP contribution in [0.5, 0.6) is 11.5 Å². The Balaban J connectivity index is 2.23. The van der Waals surface area contributed by atoms with Crippen molar-refractivity contribution in [1.29, 1.82) is 0 Å². The zero-order chi connectivity index (χ0) is 13.0. The molecule has 0 saturated carbocycles. The number of methoxy groups -OCH3 is 1. The molecule has 0 aromatic heterocycles. The lowest BCUT2D eigenvalue weighted by molar-refractivity contribution is 0.0600. The van der Waals surface area contributed by atoms with Crippen molar-refractivity contribution in [2.45, 2.75) is 0 Å². The molecule has 0 saturated heterocycles. The molecule has 0 aliphatic carbocycles. The van der Waals surface area contributed by atoms with Gasteiger partial charge in [0.25, 0.3) is 0 Å². The molecule has 0 radical (unpaired) electrons. The van der Waals surface area contributed by atoms with E-state index in [1.54, 1.807) is 12.1 Å². The van der Waals surface area contributed by atoms with Crippen LogP contribution in [0.25, 0.3) is 0 Å². The van der Waals surface area contributed by atoms with Gasteiger partial charge in [-0.25, -0.2) is 4.79 Å². The Hall–Kier alpha value is -2.00. The van der Waals surface area contributed by atoms with Crippen LogP contribution in [0, 0.1) is 0 Å². The minimum Gasteiger partial charge on any atom is -0.465 e. The molecule has 0 fully saturated rings. The normalized spacial score (nSPS) is 9.89. The zero-order valence-corrected chi connectivity index (χ0v) is 10.5. The van der Waals surface area contributed by atoms with Crippen LogP contribution in [-0.2, 0) is 4.74 Å². The Kier molecular flexibility index (Phi) is 3.85. The van der Waals surface area contributed by atoms with Gasteiger partial charge in [-0.3, -0.25) is 0 Å². The van der Waals surface area contributed by atoms with E-state index in [0.29, 0.717) is 22.1 Å². The maximum Gasteiger partial charge on any atom is 0.337 e. The minimum absolute atomic E-state index is 0.363. The fraction of sp³-hybridized carbons (Fsp3) is 0.0714. The summed E-state index contributed by atoms with van der Waals surface area (Å²) in [6.45, 7) is 0. The van der Waals surface area contributed by atoms with E-state index in [0.717, 1.165) is 0 Å². The van der Waals surface area contributed by atoms with Crippen LogP contribution in [-0.4, -0.2) is 13.1 Å². The van der Waals surface area contributed by atoms with Crippen molar-refractivity contribution in [3.05, 3.63) is 59.1 Å². The molecule has 0 spiro atoms. The molecule has 0 bridgehead atoms. The lowest BCUT2D eigenvalue weighted by atomic mass is 10.2. The van der Waals surface area contributed by atoms with Gasteiger partial charge in [0, 0.05) is 0 Å². The third-order valence-electron chi connectivity index (χ3n) is 2.32. The second kappa shape index (κ2) is 5.56. The number of hydrogen-bond donors (Lipinski definition) is 0. The van der Waals surface area contributed by atoms with Crippen molar-refractivity contribution in [2.75, 3.05) is 7.11 Å². The molecule has 2 aromatic rings. The predicted molar refractivity (Wildman–Crippen MR) is 69.3 cm³/mol. The van der Waals surface area contributed by atoms with Gasteiger partial charge in [0.1, 0.15) is 11.5 Å². The second-order valence-electron chi connectivity index (χ2n) is 3.55. The summed E-state index contributed by atoms with van der Waals surface area (Å²) in [6, 6.07) is 14.0. The second-order valence-corrected chi connectivity index (χ2v) is 3.96. The fourth-order valence-corrected chi connectivity index (χ4v) is 1.66. The predicted octanol–water partition coefficient (Wildman–Crippen LogP) is 3.92. The highest BCUT2D eigenvalue weighted by atomic mass is 35.5. The van der Waals surface area contributed by atoms with Crippen LogP contribution in [0.3, 0.4) is 0 Å². The Morgan fingerprint density at radius 1 is 1.11 bits per heavy atom. The van der Waals surface area contributed by atoms with Crippen molar-refractivity contribution in [3.63, 3.8) is 0 Å². The number of esters is 1. The quantitative estimate of drug-likeness (QED) is 0.787. The number of halogens is 1. The topological polar surface area (TPSA) is 35.5 Å². The summed E-state index contributed by atoms with van der Waals surface area (Å²) < 4.78 is 10.2. The van der Waals surface area contributed by atoms with Gasteiger partial charge in [0.05, 0.1) is 17.7 Å². The Morgan fingerprint density at radius 2 is 1.83 bits per heavy atom. The van der Waals surface area contributed by atoms with Crippen molar-refractivity contribution < 1.29 is 14.3 Å². The largest absolute Gasteiger partial charge is 0.465 e. The Bertz CT molecular complexity index is 552. The number of hydrogen-bond acceptors (Lipinski definition) is 3. The van der Waals surface area contributed by atoms with E-state index in [1.807, 2.05) is 30.3 Å². The van der Waals surface area contributed by atoms with Crippen LogP contribution < -0.4 is 4.74 Å². The van der Waals surface area contributed by atoms with E-state index in [2.05, 4.69) is 4.74 Å². The summed E-state index contributed by atoms with van der Waals surface area (Å²) in [5.41, 5.74) is 0.392. The summed E-state index contributed by atoms with van der Waals surface area (Å²) in [4.78, 5) is 11.3. The van der Waals surface area contributed by atoms with Gasteiger partial charge in [0.15, 0.2) is 0 Å². The van der Waals surface area contributed by atoms with Crippen molar-refractivity contribution >= 4 is 17.6 Å². The molecule has 0 unspecified atom stereocenters. The maximum absolute atomic E-state index is 11.3. The van der Waals surface area contributed by atoms with Gasteiger partial charge in [-0.15, -0.1) is 0 Å². The molecule has 2 rings (SSSR count). The van der Waals surface area contributed by atoms with Crippen molar-refractivity contribution in [2.24, 2.45) is 0 Å². The van der Waals surface area contributed by atoms with Crippen molar-refractivity contribution in [1.82, 2.24) is 0 Å². The molecule has 3 nitrogen and oxygen atoms in total. The molecule has 0 aliphatic heterocycles. The highest BCUT2D eigenvalue weighted by Gasteiger charge is 2.09. The van der Waals surface area contributed by atoms with Crippen LogP contribution >= 0.6 is 11.6 Å². The average Bonchev–Trinajstić information content (AvgIpc) is 2.41. The number of para-hydroxylation sites is 1. The first-order chi connectivity index (χ1) is 8.70. The number of carbonyl (C=O) groups excluding carboxylic acids is 1. The Labute approximate surface area is 110 Å². The van der Waals surface area contributed by atoms with Crippen molar-refractivity contribution in [3.8, 4) is 11.5 Å². The van der Waals surface area contributed by atoms with Gasteiger partial charge >= 0.3 is 5.97 Å². The van der Waals surface area contributed by atoms with Crippen LogP contribution in [0.2, 0.25) is 5.02 Å². The minimum atomic E-state index is -0.428. The lowest BCUT2D eigenvalue weighted by Gasteiger charge is -2.08. The van der Waals surface area contributed by atoms with Crippen LogP contribution in [0.4, 0.5) is 0 Å². The van der Waals surface area contributed by atoms with E-state index < -0.39 is 5.97 Å². The van der Waals surface area contributed by atoms with E-state index >= 15 is 0 Å². The summed E-state index contributed by atoms with van der Waals surface area (Å²) in [5, 5.41) is 0.363. The monoisotopic (exact) mass is 262 g/mol. The molecule has 0 amide bonds. The zero-order valence-electron chi connectivity index (χ0n) is 9.72. The molecular weight excluding hydrogens is 252 g/mol. The van der Waals surface area contributed by atoms with E-state index in [4.69, 9.17) is 16.3 Å². The summed E-state index contributed by atoms with van der Waals surface area (Å²) in [5.74, 6) is 0.754. The lowest BCUT2D eigenvalue weighted by Crippen LogP contribution is -2.00. The molecule has 0 aliphatic rings. The summed E-state index contributed by atoms with van der Waals surface area (Å²) in [6.07, 6.45) is 0. The average molecular weight is 263 g/mol. The molecule has 0 heterocycles. The molecule has 2 aromatic carbocycles. The third kappa shape index (κ3) is 2.81. The number of benzene rings is 2. The highest BCUT2D eigenvalue weighted by Crippen LogP contribution is 2.30. The van der Waals surface area contributed by atoms with Gasteiger partial charge in [-0.2, -0.15) is 0 Å². The molecule has 0 N–H and O–H groups in total. The van der Waals surface area contributed by atoms with Gasteiger partial charge in [-0.05, 0) is 30.3 Å². The highest BCUT2D eigenvalue weighted by molar-refractivity contribution is 6.32. The third-order valence-corrected chi connectivity index (χ3v) is 2.62. The van der Waals surface area contributed by atoms with Gasteiger partial charge in [0.2, 0.25) is 0 Å². The smallest absolute Gasteiger partial charge is 0.337 e. The maximum atomic E-state index is 11.3. The first kappa shape index (κ1) is 12.5. The van der Waals surface area contributed by atoms with E-state index in [1.165, 1.54) is 13.2 Å². The number of carbonyl (C=O) groups is 1. The number of rotatable bonds is 3. The first-order valence-electron chi connectivity index (χ1n) is 5.31. The first-order valence-corrected chi connectivity index (χ1v) is 5.69. The molecule has 0 atom stereocenters. The van der Waals surface area contributed by atoms with E-state index in [-0.39, 0.29) is 0 Å². The number of ether oxygens (including phenoxy) is 2. The molecule has 18 heavy (non-hydrogen) atoms.